The van der Waals surface area contributed by atoms with Gasteiger partial charge in [-0.2, -0.15) is 0 Å². The highest BCUT2D eigenvalue weighted by atomic mass is 16.5. The molecule has 2 aromatic rings. The predicted octanol–water partition coefficient (Wildman–Crippen LogP) is 0.615. The summed E-state index contributed by atoms with van der Waals surface area (Å²) in [6, 6.07) is 7.69. The standard InChI is InChI=1S/C18H26N6O3/c1-26-12-11-24-18(20-21-22-24)16(14-5-3-4-6-15(14)27-2)23-9-7-13(8-10-23)17(19)25/h3-6,13,16H,7-12H2,1-2H3,(H2,19,25). The van der Waals surface area contributed by atoms with Gasteiger partial charge in [-0.3, -0.25) is 9.69 Å². The first-order valence-electron chi connectivity index (χ1n) is 9.07. The number of methoxy groups -OCH3 is 2. The highest BCUT2D eigenvalue weighted by Gasteiger charge is 2.33. The summed E-state index contributed by atoms with van der Waals surface area (Å²) in [7, 11) is 3.31. The van der Waals surface area contributed by atoms with Crippen molar-refractivity contribution in [3.05, 3.63) is 35.7 Å². The Balaban J connectivity index is 1.95. The molecule has 2 N–H and O–H groups in total. The summed E-state index contributed by atoms with van der Waals surface area (Å²) >= 11 is 0. The van der Waals surface area contributed by atoms with Crippen molar-refractivity contribution in [3.8, 4) is 5.75 Å². The number of primary amides is 1. The number of carbonyl (C=O) groups excluding carboxylic acids is 1. The van der Waals surface area contributed by atoms with Gasteiger partial charge in [0.05, 0.1) is 20.3 Å². The van der Waals surface area contributed by atoms with Gasteiger partial charge < -0.3 is 15.2 Å². The van der Waals surface area contributed by atoms with Gasteiger partial charge in [0, 0.05) is 18.6 Å². The van der Waals surface area contributed by atoms with Crippen LogP contribution in [0.5, 0.6) is 5.75 Å². The lowest BCUT2D eigenvalue weighted by atomic mass is 9.93. The number of para-hydroxylation sites is 1. The molecule has 3 rings (SSSR count). The average molecular weight is 374 g/mol. The molecule has 1 aromatic heterocycles. The van der Waals surface area contributed by atoms with Gasteiger partial charge in [-0.1, -0.05) is 18.2 Å². The molecule has 1 atom stereocenters. The lowest BCUT2D eigenvalue weighted by molar-refractivity contribution is -0.123. The number of tetrazole rings is 1. The Labute approximate surface area is 158 Å². The minimum absolute atomic E-state index is 0.0796. The Kier molecular flexibility index (Phi) is 6.36. The van der Waals surface area contributed by atoms with Crippen LogP contribution in [0.25, 0.3) is 0 Å². The number of piperidine rings is 1. The molecule has 146 valence electrons. The molecule has 9 heteroatoms. The molecule has 27 heavy (non-hydrogen) atoms. The lowest BCUT2D eigenvalue weighted by Gasteiger charge is -2.36. The van der Waals surface area contributed by atoms with Crippen LogP contribution in [0.3, 0.4) is 0 Å². The van der Waals surface area contributed by atoms with Crippen LogP contribution in [0, 0.1) is 5.92 Å². The number of carbonyl (C=O) groups is 1. The van der Waals surface area contributed by atoms with Crippen molar-refractivity contribution in [1.82, 2.24) is 25.1 Å². The number of amides is 1. The van der Waals surface area contributed by atoms with E-state index in [-0.39, 0.29) is 17.9 Å². The highest BCUT2D eigenvalue weighted by Crippen LogP contribution is 2.35. The molecular weight excluding hydrogens is 348 g/mol. The molecule has 0 bridgehead atoms. The fourth-order valence-corrected chi connectivity index (χ4v) is 3.58. The second-order valence-electron chi connectivity index (χ2n) is 6.61. The van der Waals surface area contributed by atoms with Crippen LogP contribution < -0.4 is 10.5 Å². The van der Waals surface area contributed by atoms with Crippen molar-refractivity contribution in [2.45, 2.75) is 25.4 Å². The molecule has 9 nitrogen and oxygen atoms in total. The normalized spacial score (nSPS) is 17.0. The Morgan fingerprint density at radius 3 is 2.70 bits per heavy atom. The molecule has 1 unspecified atom stereocenters. The zero-order valence-corrected chi connectivity index (χ0v) is 15.7. The van der Waals surface area contributed by atoms with Crippen molar-refractivity contribution in [1.29, 1.82) is 0 Å². The summed E-state index contributed by atoms with van der Waals surface area (Å²) in [6.07, 6.45) is 1.45. The van der Waals surface area contributed by atoms with E-state index in [9.17, 15) is 4.79 Å². The quantitative estimate of drug-likeness (QED) is 0.721. The number of hydrogen-bond acceptors (Lipinski definition) is 7. The summed E-state index contributed by atoms with van der Waals surface area (Å²) < 4.78 is 12.5. The van der Waals surface area contributed by atoms with E-state index in [0.29, 0.717) is 13.2 Å². The number of nitrogens with two attached hydrogens (primary N) is 1. The summed E-state index contributed by atoms with van der Waals surface area (Å²) in [5.74, 6) is 1.20. The molecule has 1 aliphatic heterocycles. The molecule has 0 spiro atoms. The minimum atomic E-state index is -0.228. The molecule has 0 radical (unpaired) electrons. The number of ether oxygens (including phenoxy) is 2. The molecule has 0 aliphatic carbocycles. The average Bonchev–Trinajstić information content (AvgIpc) is 3.15. The minimum Gasteiger partial charge on any atom is -0.496 e. The third-order valence-electron chi connectivity index (χ3n) is 5.04. The van der Waals surface area contributed by atoms with E-state index in [1.165, 1.54) is 0 Å². The van der Waals surface area contributed by atoms with E-state index >= 15 is 0 Å². The first-order chi connectivity index (χ1) is 13.2. The number of aromatic nitrogens is 4. The van der Waals surface area contributed by atoms with E-state index in [4.69, 9.17) is 15.2 Å². The summed E-state index contributed by atoms with van der Waals surface area (Å²) in [4.78, 5) is 13.8. The van der Waals surface area contributed by atoms with Crippen LogP contribution in [-0.4, -0.2) is 64.9 Å². The number of rotatable bonds is 8. The first-order valence-corrected chi connectivity index (χ1v) is 9.07. The maximum absolute atomic E-state index is 11.5. The van der Waals surface area contributed by atoms with E-state index in [2.05, 4.69) is 20.4 Å². The molecule has 1 amide bonds. The summed E-state index contributed by atoms with van der Waals surface area (Å²) in [5, 5.41) is 12.3. The van der Waals surface area contributed by atoms with E-state index in [0.717, 1.165) is 43.1 Å². The van der Waals surface area contributed by atoms with E-state index < -0.39 is 0 Å². The SMILES string of the molecule is COCCn1nnnc1C(c1ccccc1OC)N1CCC(C(N)=O)CC1. The molecule has 1 aromatic carbocycles. The summed E-state index contributed by atoms with van der Waals surface area (Å²) in [5.41, 5.74) is 6.48. The summed E-state index contributed by atoms with van der Waals surface area (Å²) in [6.45, 7) is 2.53. The Bertz CT molecular complexity index is 757. The van der Waals surface area contributed by atoms with Crippen LogP contribution in [0.1, 0.15) is 30.3 Å². The Hall–Kier alpha value is -2.52. The molecule has 2 heterocycles. The van der Waals surface area contributed by atoms with Gasteiger partial charge >= 0.3 is 0 Å². The number of nitrogens with zero attached hydrogens (tertiary/aromatic N) is 5. The van der Waals surface area contributed by atoms with Gasteiger partial charge in [-0.25, -0.2) is 4.68 Å². The van der Waals surface area contributed by atoms with Gasteiger partial charge in [-0.15, -0.1) is 5.10 Å². The third kappa shape index (κ3) is 4.25. The van der Waals surface area contributed by atoms with Crippen LogP contribution >= 0.6 is 0 Å². The molecule has 0 saturated carbocycles. The molecule has 1 fully saturated rings. The van der Waals surface area contributed by atoms with Crippen molar-refractivity contribution in [3.63, 3.8) is 0 Å². The highest BCUT2D eigenvalue weighted by molar-refractivity contribution is 5.76. The number of hydrogen-bond donors (Lipinski definition) is 1. The van der Waals surface area contributed by atoms with Gasteiger partial charge in [0.25, 0.3) is 0 Å². The largest absolute Gasteiger partial charge is 0.496 e. The predicted molar refractivity (Wildman–Crippen MR) is 98.0 cm³/mol. The second kappa shape index (κ2) is 8.92. The van der Waals surface area contributed by atoms with Crippen LogP contribution in [-0.2, 0) is 16.1 Å². The van der Waals surface area contributed by atoms with Gasteiger partial charge in [0.1, 0.15) is 11.8 Å². The van der Waals surface area contributed by atoms with Gasteiger partial charge in [0.15, 0.2) is 5.82 Å². The maximum Gasteiger partial charge on any atom is 0.220 e. The maximum atomic E-state index is 11.5. The molecule has 1 aliphatic rings. The topological polar surface area (TPSA) is 108 Å². The van der Waals surface area contributed by atoms with Crippen LogP contribution in [0.4, 0.5) is 0 Å². The van der Waals surface area contributed by atoms with Crippen LogP contribution in [0.2, 0.25) is 0 Å². The van der Waals surface area contributed by atoms with E-state index in [1.54, 1.807) is 18.9 Å². The molecule has 1 saturated heterocycles. The van der Waals surface area contributed by atoms with Crippen molar-refractivity contribution < 1.29 is 14.3 Å². The smallest absolute Gasteiger partial charge is 0.220 e. The lowest BCUT2D eigenvalue weighted by Crippen LogP contribution is -2.41. The van der Waals surface area contributed by atoms with Crippen molar-refractivity contribution >= 4 is 5.91 Å². The first kappa shape index (κ1) is 19.2. The Morgan fingerprint density at radius 1 is 1.30 bits per heavy atom. The zero-order chi connectivity index (χ0) is 19.2. The van der Waals surface area contributed by atoms with Crippen molar-refractivity contribution in [2.75, 3.05) is 33.9 Å². The Morgan fingerprint density at radius 2 is 2.04 bits per heavy atom. The van der Waals surface area contributed by atoms with Gasteiger partial charge in [0.2, 0.25) is 5.91 Å². The second-order valence-corrected chi connectivity index (χ2v) is 6.61. The zero-order valence-electron chi connectivity index (χ0n) is 15.7. The monoisotopic (exact) mass is 374 g/mol. The van der Waals surface area contributed by atoms with E-state index in [1.807, 2.05) is 24.3 Å². The third-order valence-corrected chi connectivity index (χ3v) is 5.04. The van der Waals surface area contributed by atoms with Crippen molar-refractivity contribution in [2.24, 2.45) is 11.7 Å². The number of benzene rings is 1. The molecular formula is C18H26N6O3. The number of likely N-dealkylation sites (tertiary alicyclic amines) is 1. The van der Waals surface area contributed by atoms with Crippen LogP contribution in [0.15, 0.2) is 24.3 Å². The fraction of sp³-hybridized carbons (Fsp3) is 0.556. The fourth-order valence-electron chi connectivity index (χ4n) is 3.58. The van der Waals surface area contributed by atoms with Gasteiger partial charge in [-0.05, 0) is 42.4 Å².